The van der Waals surface area contributed by atoms with Gasteiger partial charge in [-0.15, -0.1) is 0 Å². The van der Waals surface area contributed by atoms with E-state index in [1.165, 1.54) is 31.6 Å². The summed E-state index contributed by atoms with van der Waals surface area (Å²) in [5.41, 5.74) is 1.21. The molecule has 3 heteroatoms. The Labute approximate surface area is 117 Å². The molecule has 1 N–H and O–H groups in total. The molecule has 0 aromatic carbocycles. The molecule has 0 amide bonds. The molecule has 0 aliphatic carbocycles. The van der Waals surface area contributed by atoms with E-state index in [0.29, 0.717) is 6.04 Å². The van der Waals surface area contributed by atoms with E-state index in [9.17, 15) is 0 Å². The smallest absolute Gasteiger partial charge is 0.0416 e. The van der Waals surface area contributed by atoms with Crippen LogP contribution in [0.25, 0.3) is 0 Å². The van der Waals surface area contributed by atoms with Crippen LogP contribution in [-0.2, 0) is 6.42 Å². The van der Waals surface area contributed by atoms with Crippen molar-refractivity contribution >= 4 is 0 Å². The number of nitrogens with zero attached hydrogens (tertiary/aromatic N) is 2. The maximum atomic E-state index is 4.39. The molecule has 1 saturated heterocycles. The van der Waals surface area contributed by atoms with E-state index < -0.39 is 0 Å². The van der Waals surface area contributed by atoms with Crippen LogP contribution in [0.15, 0.2) is 24.4 Å². The molecule has 2 heterocycles. The summed E-state index contributed by atoms with van der Waals surface area (Å²) in [7, 11) is 0. The number of pyridine rings is 1. The van der Waals surface area contributed by atoms with Crippen molar-refractivity contribution in [3.8, 4) is 0 Å². The molecule has 3 nitrogen and oxygen atoms in total. The molecule has 2 rings (SSSR count). The third-order valence-electron chi connectivity index (χ3n) is 4.28. The highest BCUT2D eigenvalue weighted by molar-refractivity contribution is 5.03. The van der Waals surface area contributed by atoms with Gasteiger partial charge in [0, 0.05) is 30.9 Å². The van der Waals surface area contributed by atoms with Gasteiger partial charge < -0.3 is 10.2 Å². The van der Waals surface area contributed by atoms with Crippen LogP contribution in [0.4, 0.5) is 0 Å². The number of aromatic nitrogens is 1. The zero-order valence-corrected chi connectivity index (χ0v) is 12.3. The summed E-state index contributed by atoms with van der Waals surface area (Å²) in [6.07, 6.45) is 5.63. The Morgan fingerprint density at radius 2 is 2.16 bits per heavy atom. The van der Waals surface area contributed by atoms with Crippen LogP contribution in [-0.4, -0.2) is 42.1 Å². The minimum atomic E-state index is 0.669. The van der Waals surface area contributed by atoms with Crippen LogP contribution < -0.4 is 5.32 Å². The lowest BCUT2D eigenvalue weighted by molar-refractivity contribution is 0.164. The van der Waals surface area contributed by atoms with E-state index in [0.717, 1.165) is 25.4 Å². The lowest BCUT2D eigenvalue weighted by atomic mass is 9.90. The molecule has 19 heavy (non-hydrogen) atoms. The highest BCUT2D eigenvalue weighted by atomic mass is 15.1. The Kier molecular flexibility index (Phi) is 5.80. The molecule has 0 spiro atoms. The van der Waals surface area contributed by atoms with Gasteiger partial charge in [0.05, 0.1) is 0 Å². The summed E-state index contributed by atoms with van der Waals surface area (Å²) < 4.78 is 0. The molecular weight excluding hydrogens is 234 g/mol. The minimum Gasteiger partial charge on any atom is -0.314 e. The fourth-order valence-electron chi connectivity index (χ4n) is 2.98. The molecule has 1 fully saturated rings. The van der Waals surface area contributed by atoms with E-state index >= 15 is 0 Å². The van der Waals surface area contributed by atoms with Gasteiger partial charge in [-0.1, -0.05) is 13.0 Å². The average molecular weight is 261 g/mol. The fourth-order valence-corrected chi connectivity index (χ4v) is 2.98. The van der Waals surface area contributed by atoms with Gasteiger partial charge in [0.2, 0.25) is 0 Å². The standard InChI is InChI=1S/C16H27N3/c1-3-17-14(2)15-7-11-19(12-8-15)13-9-16-6-4-5-10-18-16/h4-6,10,14-15,17H,3,7-9,11-13H2,1-2H3. The zero-order chi connectivity index (χ0) is 13.5. The molecule has 1 aromatic rings. The predicted octanol–water partition coefficient (Wildman–Crippen LogP) is 2.33. The third-order valence-corrected chi connectivity index (χ3v) is 4.28. The van der Waals surface area contributed by atoms with Crippen molar-refractivity contribution in [1.29, 1.82) is 0 Å². The summed E-state index contributed by atoms with van der Waals surface area (Å²) in [5, 5.41) is 3.56. The Morgan fingerprint density at radius 3 is 2.79 bits per heavy atom. The summed E-state index contributed by atoms with van der Waals surface area (Å²) in [5.74, 6) is 0.853. The van der Waals surface area contributed by atoms with Crippen molar-refractivity contribution < 1.29 is 0 Å². The predicted molar refractivity (Wildman–Crippen MR) is 80.2 cm³/mol. The first-order chi connectivity index (χ1) is 9.29. The van der Waals surface area contributed by atoms with Gasteiger partial charge in [0.1, 0.15) is 0 Å². The molecule has 0 bridgehead atoms. The van der Waals surface area contributed by atoms with Crippen molar-refractivity contribution in [3.63, 3.8) is 0 Å². The maximum Gasteiger partial charge on any atom is 0.0416 e. The summed E-state index contributed by atoms with van der Waals surface area (Å²) in [6.45, 7) is 9.25. The van der Waals surface area contributed by atoms with E-state index in [4.69, 9.17) is 0 Å². The van der Waals surface area contributed by atoms with Gasteiger partial charge in [0.15, 0.2) is 0 Å². The van der Waals surface area contributed by atoms with Crippen LogP contribution >= 0.6 is 0 Å². The average Bonchev–Trinajstić information content (AvgIpc) is 2.47. The minimum absolute atomic E-state index is 0.669. The van der Waals surface area contributed by atoms with E-state index in [1.54, 1.807) is 0 Å². The van der Waals surface area contributed by atoms with Crippen molar-refractivity contribution in [3.05, 3.63) is 30.1 Å². The van der Waals surface area contributed by atoms with Gasteiger partial charge in [-0.3, -0.25) is 4.98 Å². The quantitative estimate of drug-likeness (QED) is 0.852. The van der Waals surface area contributed by atoms with E-state index in [2.05, 4.69) is 41.2 Å². The molecule has 1 aliphatic rings. The topological polar surface area (TPSA) is 28.2 Å². The summed E-state index contributed by atoms with van der Waals surface area (Å²) in [4.78, 5) is 6.98. The van der Waals surface area contributed by atoms with Crippen molar-refractivity contribution in [1.82, 2.24) is 15.2 Å². The summed E-state index contributed by atoms with van der Waals surface area (Å²) in [6, 6.07) is 6.85. The SMILES string of the molecule is CCNC(C)C1CCN(CCc2ccccn2)CC1. The second-order valence-electron chi connectivity index (χ2n) is 5.60. The zero-order valence-electron chi connectivity index (χ0n) is 12.3. The van der Waals surface area contributed by atoms with Crippen LogP contribution in [0.3, 0.4) is 0 Å². The van der Waals surface area contributed by atoms with Crippen molar-refractivity contribution in [2.75, 3.05) is 26.2 Å². The number of likely N-dealkylation sites (tertiary alicyclic amines) is 1. The molecule has 1 unspecified atom stereocenters. The van der Waals surface area contributed by atoms with Crippen LogP contribution in [0.1, 0.15) is 32.4 Å². The highest BCUT2D eigenvalue weighted by Crippen LogP contribution is 2.20. The monoisotopic (exact) mass is 261 g/mol. The Bertz CT molecular complexity index is 344. The largest absolute Gasteiger partial charge is 0.314 e. The maximum absolute atomic E-state index is 4.39. The first kappa shape index (κ1) is 14.5. The second-order valence-corrected chi connectivity index (χ2v) is 5.60. The first-order valence-corrected chi connectivity index (χ1v) is 7.65. The second kappa shape index (κ2) is 7.61. The van der Waals surface area contributed by atoms with Crippen LogP contribution in [0, 0.1) is 5.92 Å². The molecule has 1 aliphatic heterocycles. The van der Waals surface area contributed by atoms with Crippen LogP contribution in [0.5, 0.6) is 0 Å². The van der Waals surface area contributed by atoms with Crippen LogP contribution in [0.2, 0.25) is 0 Å². The van der Waals surface area contributed by atoms with Crippen molar-refractivity contribution in [2.45, 2.75) is 39.2 Å². The Morgan fingerprint density at radius 1 is 1.37 bits per heavy atom. The molecular formula is C16H27N3. The van der Waals surface area contributed by atoms with Gasteiger partial charge >= 0.3 is 0 Å². The van der Waals surface area contributed by atoms with E-state index in [1.807, 2.05) is 12.3 Å². The lowest BCUT2D eigenvalue weighted by Crippen LogP contribution is -2.42. The lowest BCUT2D eigenvalue weighted by Gasteiger charge is -2.35. The molecule has 106 valence electrons. The van der Waals surface area contributed by atoms with Crippen molar-refractivity contribution in [2.24, 2.45) is 5.92 Å². The number of piperidine rings is 1. The number of hydrogen-bond acceptors (Lipinski definition) is 3. The normalized spacial score (nSPS) is 19.5. The van der Waals surface area contributed by atoms with E-state index in [-0.39, 0.29) is 0 Å². The molecule has 0 saturated carbocycles. The number of hydrogen-bond donors (Lipinski definition) is 1. The van der Waals surface area contributed by atoms with Gasteiger partial charge in [-0.25, -0.2) is 0 Å². The number of rotatable bonds is 6. The number of nitrogens with one attached hydrogen (secondary N) is 1. The Balaban J connectivity index is 1.69. The molecule has 1 aromatic heterocycles. The van der Waals surface area contributed by atoms with Gasteiger partial charge in [0.25, 0.3) is 0 Å². The Hall–Kier alpha value is -0.930. The van der Waals surface area contributed by atoms with Gasteiger partial charge in [-0.2, -0.15) is 0 Å². The summed E-state index contributed by atoms with van der Waals surface area (Å²) >= 11 is 0. The van der Waals surface area contributed by atoms with Gasteiger partial charge in [-0.05, 0) is 57.5 Å². The first-order valence-electron chi connectivity index (χ1n) is 7.65. The third kappa shape index (κ3) is 4.59. The molecule has 0 radical (unpaired) electrons. The highest BCUT2D eigenvalue weighted by Gasteiger charge is 2.22. The fraction of sp³-hybridized carbons (Fsp3) is 0.688. The molecule has 1 atom stereocenters.